The summed E-state index contributed by atoms with van der Waals surface area (Å²) in [5.41, 5.74) is -4.91. The second-order valence-corrected chi connectivity index (χ2v) is 5.18. The van der Waals surface area contributed by atoms with Gasteiger partial charge in [-0.25, -0.2) is 0 Å². The number of carboxylic acids is 6. The van der Waals surface area contributed by atoms with E-state index in [1.54, 1.807) is 0 Å². The molecule has 12 nitrogen and oxygen atoms in total. The van der Waals surface area contributed by atoms with Crippen LogP contribution in [0.2, 0.25) is 0 Å². The maximum absolute atomic E-state index is 10.6. The van der Waals surface area contributed by atoms with Crippen LogP contribution in [0.25, 0.3) is 0 Å². The Hall–Kier alpha value is -3.18. The maximum Gasteiger partial charge on any atom is 2.00 e. The third kappa shape index (κ3) is 8.70. The van der Waals surface area contributed by atoms with E-state index in [-0.39, 0.29) is 51.2 Å². The van der Waals surface area contributed by atoms with E-state index >= 15 is 0 Å². The van der Waals surface area contributed by atoms with Crippen LogP contribution in [0.15, 0.2) is 36.4 Å². The second-order valence-electron chi connectivity index (χ2n) is 5.18. The summed E-state index contributed by atoms with van der Waals surface area (Å²) in [6, 6.07) is 5.78. The fraction of sp³-hybridized carbons (Fsp3) is 0. The smallest absolute Gasteiger partial charge is 0.545 e. The molecule has 0 bridgehead atoms. The summed E-state index contributed by atoms with van der Waals surface area (Å²) in [5, 5.41) is 63.1. The standard InChI is InChI=1S/2C9H6O6.3Cu/c2*10-7(11)4-2-1-3-5(8(12)13)6(4)9(14)15;;;/h2*1-3H,(H,10,11)(H,12,13)(H,14,15);;;/q;;3*+2/p-6. The zero-order chi connectivity index (χ0) is 23.2. The normalized spacial score (nSPS) is 8.73. The molecule has 0 spiro atoms. The molecule has 2 aromatic rings. The van der Waals surface area contributed by atoms with Crippen molar-refractivity contribution < 1.29 is 111 Å². The van der Waals surface area contributed by atoms with Crippen LogP contribution in [-0.2, 0) is 51.2 Å². The molecule has 0 aromatic heterocycles. The first-order valence-corrected chi connectivity index (χ1v) is 7.44. The van der Waals surface area contributed by atoms with Gasteiger partial charge in [-0.1, -0.05) is 36.4 Å². The molecule has 0 aliphatic heterocycles. The first-order chi connectivity index (χ1) is 13.9. The Labute approximate surface area is 215 Å². The summed E-state index contributed by atoms with van der Waals surface area (Å²) in [6.45, 7) is 0. The van der Waals surface area contributed by atoms with Gasteiger partial charge in [0.1, 0.15) is 0 Å². The van der Waals surface area contributed by atoms with Crippen LogP contribution >= 0.6 is 0 Å². The molecule has 0 unspecified atom stereocenters. The molecule has 183 valence electrons. The summed E-state index contributed by atoms with van der Waals surface area (Å²) in [6.07, 6.45) is 0. The zero-order valence-corrected chi connectivity index (χ0v) is 18.1. The van der Waals surface area contributed by atoms with Crippen molar-refractivity contribution in [1.82, 2.24) is 0 Å². The Kier molecular flexibility index (Phi) is 15.4. The molecular weight excluding hydrogens is 599 g/mol. The van der Waals surface area contributed by atoms with Gasteiger partial charge in [0.05, 0.1) is 35.8 Å². The molecule has 0 amide bonds. The molecule has 0 fully saturated rings. The van der Waals surface area contributed by atoms with Crippen molar-refractivity contribution in [3.05, 3.63) is 69.8 Å². The van der Waals surface area contributed by atoms with Gasteiger partial charge in [-0.3, -0.25) is 0 Å². The van der Waals surface area contributed by atoms with Crippen LogP contribution in [0.3, 0.4) is 0 Å². The number of carbonyl (C=O) groups excluding carboxylic acids is 6. The third-order valence-corrected chi connectivity index (χ3v) is 3.42. The van der Waals surface area contributed by atoms with E-state index < -0.39 is 69.2 Å². The van der Waals surface area contributed by atoms with Gasteiger partial charge in [0.2, 0.25) is 0 Å². The Balaban J connectivity index is -0.000000500. The molecular formula is C18H6Cu3O12. The fourth-order valence-electron chi connectivity index (χ4n) is 2.22. The summed E-state index contributed by atoms with van der Waals surface area (Å²) in [7, 11) is 0. The number of hydrogen-bond donors (Lipinski definition) is 0. The van der Waals surface area contributed by atoms with Crippen molar-refractivity contribution in [2.75, 3.05) is 0 Å². The molecule has 0 saturated carbocycles. The second kappa shape index (κ2) is 14.8. The summed E-state index contributed by atoms with van der Waals surface area (Å²) in [4.78, 5) is 63.1. The minimum Gasteiger partial charge on any atom is -0.545 e. The molecule has 0 aliphatic rings. The van der Waals surface area contributed by atoms with E-state index in [4.69, 9.17) is 0 Å². The van der Waals surface area contributed by atoms with Gasteiger partial charge >= 0.3 is 51.2 Å². The van der Waals surface area contributed by atoms with E-state index in [0.29, 0.717) is 0 Å². The van der Waals surface area contributed by atoms with Gasteiger partial charge in [0.25, 0.3) is 0 Å². The SMILES string of the molecule is O=C([O-])c1cccc(C(=O)[O-])c1C(=O)[O-].O=C([O-])c1cccc(C(=O)[O-])c1C(=O)[O-].[Cu+2].[Cu+2].[Cu+2]. The minimum atomic E-state index is -1.91. The van der Waals surface area contributed by atoms with Gasteiger partial charge in [-0.15, -0.1) is 0 Å². The van der Waals surface area contributed by atoms with E-state index in [2.05, 4.69) is 0 Å². The van der Waals surface area contributed by atoms with Crippen molar-refractivity contribution in [2.24, 2.45) is 0 Å². The van der Waals surface area contributed by atoms with Crippen molar-refractivity contribution in [2.45, 2.75) is 0 Å². The predicted octanol–water partition coefficient (Wildman–Crippen LogP) is -6.45. The number of hydrogen-bond acceptors (Lipinski definition) is 12. The third-order valence-electron chi connectivity index (χ3n) is 3.42. The van der Waals surface area contributed by atoms with Crippen LogP contribution < -0.4 is 30.6 Å². The van der Waals surface area contributed by atoms with Crippen molar-refractivity contribution in [3.63, 3.8) is 0 Å². The Morgan fingerprint density at radius 1 is 0.394 bits per heavy atom. The monoisotopic (exact) mass is 603 g/mol. The van der Waals surface area contributed by atoms with Crippen molar-refractivity contribution in [3.8, 4) is 0 Å². The molecule has 2 aromatic carbocycles. The van der Waals surface area contributed by atoms with Crippen LogP contribution in [0, 0.1) is 0 Å². The van der Waals surface area contributed by atoms with Gasteiger partial charge < -0.3 is 59.4 Å². The first kappa shape index (κ1) is 34.4. The van der Waals surface area contributed by atoms with Crippen molar-refractivity contribution in [1.29, 1.82) is 0 Å². The minimum absolute atomic E-state index is 0. The average Bonchev–Trinajstić information content (AvgIpc) is 2.66. The van der Waals surface area contributed by atoms with Crippen LogP contribution in [0.5, 0.6) is 0 Å². The quantitative estimate of drug-likeness (QED) is 0.280. The van der Waals surface area contributed by atoms with Gasteiger partial charge in [-0.2, -0.15) is 0 Å². The van der Waals surface area contributed by atoms with E-state index in [1.165, 1.54) is 0 Å². The first-order valence-electron chi connectivity index (χ1n) is 7.44. The number of benzene rings is 2. The summed E-state index contributed by atoms with van der Waals surface area (Å²) in [5.74, 6) is -11.0. The van der Waals surface area contributed by atoms with Gasteiger partial charge in [0.15, 0.2) is 0 Å². The summed E-state index contributed by atoms with van der Waals surface area (Å²) >= 11 is 0. The molecule has 0 N–H and O–H groups in total. The molecule has 33 heavy (non-hydrogen) atoms. The molecule has 0 aliphatic carbocycles. The number of carbonyl (C=O) groups is 6. The largest absolute Gasteiger partial charge is 2.00 e. The van der Waals surface area contributed by atoms with Gasteiger partial charge in [-0.05, 0) is 0 Å². The molecule has 2 rings (SSSR count). The van der Waals surface area contributed by atoms with Gasteiger partial charge in [0, 0.05) is 33.4 Å². The molecule has 0 heterocycles. The Morgan fingerprint density at radius 3 is 0.697 bits per heavy atom. The number of rotatable bonds is 6. The zero-order valence-electron chi connectivity index (χ0n) is 15.3. The average molecular weight is 605 g/mol. The number of carboxylic acid groups (broad SMARTS) is 6. The van der Waals surface area contributed by atoms with E-state index in [0.717, 1.165) is 36.4 Å². The van der Waals surface area contributed by atoms with E-state index in [9.17, 15) is 59.4 Å². The van der Waals surface area contributed by atoms with Crippen LogP contribution in [0.1, 0.15) is 62.1 Å². The topological polar surface area (TPSA) is 241 Å². The summed E-state index contributed by atoms with van der Waals surface area (Å²) < 4.78 is 0. The fourth-order valence-corrected chi connectivity index (χ4v) is 2.22. The molecule has 0 atom stereocenters. The van der Waals surface area contributed by atoms with Crippen LogP contribution in [0.4, 0.5) is 0 Å². The van der Waals surface area contributed by atoms with Crippen LogP contribution in [-0.4, -0.2) is 35.8 Å². The molecule has 3 radical (unpaired) electrons. The maximum atomic E-state index is 10.6. The van der Waals surface area contributed by atoms with Crippen molar-refractivity contribution >= 4 is 35.8 Å². The Morgan fingerprint density at radius 2 is 0.576 bits per heavy atom. The number of aromatic carboxylic acids is 6. The molecule has 0 saturated heterocycles. The molecule has 15 heteroatoms. The predicted molar refractivity (Wildman–Crippen MR) is 78.9 cm³/mol. The van der Waals surface area contributed by atoms with E-state index in [1.807, 2.05) is 0 Å². The Bertz CT molecular complexity index is 931.